The number of rotatable bonds is 3. The van der Waals surface area contributed by atoms with Gasteiger partial charge in [-0.15, -0.1) is 0 Å². The Morgan fingerprint density at radius 2 is 2.22 bits per heavy atom. The first-order valence-electron chi connectivity index (χ1n) is 6.33. The van der Waals surface area contributed by atoms with E-state index < -0.39 is 0 Å². The van der Waals surface area contributed by atoms with Gasteiger partial charge >= 0.3 is 0 Å². The third kappa shape index (κ3) is 2.93. The molecule has 1 N–H and O–H groups in total. The third-order valence-electron chi connectivity index (χ3n) is 3.64. The van der Waals surface area contributed by atoms with Gasteiger partial charge in [0.15, 0.2) is 11.5 Å². The number of thioether (sulfide) groups is 1. The Morgan fingerprint density at radius 1 is 1.44 bits per heavy atom. The second-order valence-corrected chi connectivity index (χ2v) is 6.28. The molecule has 1 saturated heterocycles. The van der Waals surface area contributed by atoms with Crippen molar-refractivity contribution in [3.8, 4) is 11.5 Å². The number of hydrogen-bond donors (Lipinski definition) is 1. The van der Waals surface area contributed by atoms with Crippen molar-refractivity contribution < 1.29 is 9.84 Å². The second kappa shape index (κ2) is 5.85. The number of methoxy groups -OCH3 is 1. The minimum absolute atomic E-state index is 0.205. The standard InChI is InChI=1S/C14H21NO2S/c1-10-11(2)18-7-6-15(10)9-12-4-5-13(16)14(8-12)17-3/h4-5,8,10-11,16H,6-7,9H2,1-3H3/t10-,11-/m0/s1. The van der Waals surface area contributed by atoms with Crippen LogP contribution in [-0.4, -0.2) is 40.7 Å². The van der Waals surface area contributed by atoms with E-state index >= 15 is 0 Å². The summed E-state index contributed by atoms with van der Waals surface area (Å²) in [6.45, 7) is 6.62. The zero-order valence-corrected chi connectivity index (χ0v) is 12.0. The van der Waals surface area contributed by atoms with E-state index in [1.807, 2.05) is 23.9 Å². The molecule has 3 nitrogen and oxygen atoms in total. The quantitative estimate of drug-likeness (QED) is 0.913. The van der Waals surface area contributed by atoms with Crippen molar-refractivity contribution in [2.75, 3.05) is 19.4 Å². The molecule has 1 aromatic carbocycles. The van der Waals surface area contributed by atoms with E-state index in [4.69, 9.17) is 4.74 Å². The molecule has 0 spiro atoms. The van der Waals surface area contributed by atoms with Crippen LogP contribution in [0, 0.1) is 0 Å². The maximum Gasteiger partial charge on any atom is 0.160 e. The first-order chi connectivity index (χ1) is 8.61. The van der Waals surface area contributed by atoms with Gasteiger partial charge in [-0.25, -0.2) is 0 Å². The van der Waals surface area contributed by atoms with Gasteiger partial charge in [0.25, 0.3) is 0 Å². The summed E-state index contributed by atoms with van der Waals surface area (Å²) in [5, 5.41) is 10.3. The van der Waals surface area contributed by atoms with E-state index in [1.165, 1.54) is 11.3 Å². The zero-order chi connectivity index (χ0) is 13.1. The summed E-state index contributed by atoms with van der Waals surface area (Å²) in [6.07, 6.45) is 0. The van der Waals surface area contributed by atoms with Crippen molar-refractivity contribution in [3.63, 3.8) is 0 Å². The monoisotopic (exact) mass is 267 g/mol. The highest BCUT2D eigenvalue weighted by Gasteiger charge is 2.25. The largest absolute Gasteiger partial charge is 0.504 e. The summed E-state index contributed by atoms with van der Waals surface area (Å²) in [4.78, 5) is 2.49. The smallest absolute Gasteiger partial charge is 0.160 e. The van der Waals surface area contributed by atoms with Crippen LogP contribution in [0.2, 0.25) is 0 Å². The predicted molar refractivity (Wildman–Crippen MR) is 76.5 cm³/mol. The minimum atomic E-state index is 0.205. The second-order valence-electron chi connectivity index (χ2n) is 4.79. The number of aromatic hydroxyl groups is 1. The molecule has 0 aliphatic carbocycles. The van der Waals surface area contributed by atoms with Crippen molar-refractivity contribution in [2.45, 2.75) is 31.7 Å². The van der Waals surface area contributed by atoms with Crippen molar-refractivity contribution >= 4 is 11.8 Å². The minimum Gasteiger partial charge on any atom is -0.504 e. The molecule has 18 heavy (non-hydrogen) atoms. The van der Waals surface area contributed by atoms with Crippen molar-refractivity contribution in [3.05, 3.63) is 23.8 Å². The van der Waals surface area contributed by atoms with E-state index in [0.29, 0.717) is 17.0 Å². The van der Waals surface area contributed by atoms with Crippen LogP contribution < -0.4 is 4.74 Å². The van der Waals surface area contributed by atoms with Crippen molar-refractivity contribution in [2.24, 2.45) is 0 Å². The molecule has 1 aromatic rings. The summed E-state index contributed by atoms with van der Waals surface area (Å²) < 4.78 is 5.15. The molecule has 0 unspecified atom stereocenters. The maximum absolute atomic E-state index is 9.59. The van der Waals surface area contributed by atoms with Gasteiger partial charge in [-0.2, -0.15) is 11.8 Å². The van der Waals surface area contributed by atoms with Crippen molar-refractivity contribution in [1.29, 1.82) is 0 Å². The normalized spacial score (nSPS) is 25.1. The van der Waals surface area contributed by atoms with E-state index in [-0.39, 0.29) is 5.75 Å². The number of phenols is 1. The van der Waals surface area contributed by atoms with Gasteiger partial charge in [-0.05, 0) is 24.6 Å². The predicted octanol–water partition coefficient (Wildman–Crippen LogP) is 2.73. The Hall–Kier alpha value is -0.870. The van der Waals surface area contributed by atoms with Gasteiger partial charge in [0, 0.05) is 30.1 Å². The number of hydrogen-bond acceptors (Lipinski definition) is 4. The molecule has 1 aliphatic rings. The Kier molecular flexibility index (Phi) is 4.40. The van der Waals surface area contributed by atoms with Gasteiger partial charge < -0.3 is 9.84 Å². The Morgan fingerprint density at radius 3 is 2.94 bits per heavy atom. The molecule has 2 atom stereocenters. The summed E-state index contributed by atoms with van der Waals surface area (Å²) in [7, 11) is 1.58. The molecule has 4 heteroatoms. The highest BCUT2D eigenvalue weighted by molar-refractivity contribution is 8.00. The molecule has 0 saturated carbocycles. The zero-order valence-electron chi connectivity index (χ0n) is 11.2. The molecular formula is C14H21NO2S. The average molecular weight is 267 g/mol. The lowest BCUT2D eigenvalue weighted by Gasteiger charge is -2.37. The van der Waals surface area contributed by atoms with Crippen LogP contribution in [0.3, 0.4) is 0 Å². The van der Waals surface area contributed by atoms with E-state index in [1.54, 1.807) is 13.2 Å². The highest BCUT2D eigenvalue weighted by Crippen LogP contribution is 2.29. The summed E-state index contributed by atoms with van der Waals surface area (Å²) in [5.74, 6) is 1.96. The summed E-state index contributed by atoms with van der Waals surface area (Å²) in [6, 6.07) is 6.19. The molecular weight excluding hydrogens is 246 g/mol. The van der Waals surface area contributed by atoms with E-state index in [2.05, 4.69) is 18.7 Å². The van der Waals surface area contributed by atoms with Crippen LogP contribution in [0.1, 0.15) is 19.4 Å². The van der Waals surface area contributed by atoms with Crippen LogP contribution >= 0.6 is 11.8 Å². The fourth-order valence-electron chi connectivity index (χ4n) is 2.27. The molecule has 1 fully saturated rings. The van der Waals surface area contributed by atoms with Gasteiger partial charge in [0.1, 0.15) is 0 Å². The lowest BCUT2D eigenvalue weighted by atomic mass is 10.1. The Labute approximate surface area is 113 Å². The van der Waals surface area contributed by atoms with Crippen molar-refractivity contribution in [1.82, 2.24) is 4.90 Å². The summed E-state index contributed by atoms with van der Waals surface area (Å²) in [5.41, 5.74) is 1.19. The Bertz CT molecular complexity index is 411. The van der Waals surface area contributed by atoms with E-state index in [9.17, 15) is 5.11 Å². The first kappa shape index (κ1) is 13.6. The lowest BCUT2D eigenvalue weighted by Crippen LogP contribution is -2.43. The molecule has 0 radical (unpaired) electrons. The molecule has 0 bridgehead atoms. The summed E-state index contributed by atoms with van der Waals surface area (Å²) >= 11 is 2.04. The topological polar surface area (TPSA) is 32.7 Å². The van der Waals surface area contributed by atoms with Crippen LogP contribution in [0.5, 0.6) is 11.5 Å². The molecule has 1 heterocycles. The average Bonchev–Trinajstić information content (AvgIpc) is 2.37. The van der Waals surface area contributed by atoms with Gasteiger partial charge in [0.2, 0.25) is 0 Å². The Balaban J connectivity index is 2.09. The van der Waals surface area contributed by atoms with Crippen LogP contribution in [-0.2, 0) is 6.54 Å². The first-order valence-corrected chi connectivity index (χ1v) is 7.38. The third-order valence-corrected chi connectivity index (χ3v) is 4.98. The SMILES string of the molecule is COc1cc(CN2CCS[C@@H](C)[C@@H]2C)ccc1O. The number of nitrogens with zero attached hydrogens (tertiary/aromatic N) is 1. The van der Waals surface area contributed by atoms with Gasteiger partial charge in [-0.1, -0.05) is 13.0 Å². The fraction of sp³-hybridized carbons (Fsp3) is 0.571. The number of ether oxygens (including phenoxy) is 1. The van der Waals surface area contributed by atoms with Crippen LogP contribution in [0.25, 0.3) is 0 Å². The van der Waals surface area contributed by atoms with E-state index in [0.717, 1.165) is 13.1 Å². The highest BCUT2D eigenvalue weighted by atomic mass is 32.2. The van der Waals surface area contributed by atoms with Crippen LogP contribution in [0.15, 0.2) is 18.2 Å². The molecule has 0 aromatic heterocycles. The molecule has 1 aliphatic heterocycles. The van der Waals surface area contributed by atoms with Crippen LogP contribution in [0.4, 0.5) is 0 Å². The molecule has 100 valence electrons. The molecule has 0 amide bonds. The maximum atomic E-state index is 9.59. The fourth-order valence-corrected chi connectivity index (χ4v) is 3.44. The molecule has 2 rings (SSSR count). The van der Waals surface area contributed by atoms with Gasteiger partial charge in [0.05, 0.1) is 7.11 Å². The van der Waals surface area contributed by atoms with Gasteiger partial charge in [-0.3, -0.25) is 4.90 Å². The number of benzene rings is 1. The lowest BCUT2D eigenvalue weighted by molar-refractivity contribution is 0.204. The number of phenolic OH excluding ortho intramolecular Hbond substituents is 1.